The van der Waals surface area contributed by atoms with E-state index in [0.717, 1.165) is 16.7 Å². The summed E-state index contributed by atoms with van der Waals surface area (Å²) < 4.78 is 7.03. The molecule has 1 saturated heterocycles. The van der Waals surface area contributed by atoms with Crippen LogP contribution < -0.4 is 15.8 Å². The summed E-state index contributed by atoms with van der Waals surface area (Å²) in [6, 6.07) is 13.1. The molecule has 4 rings (SSSR count). The molecule has 1 N–H and O–H groups in total. The SMILES string of the molecule is O=C(CCn1c(=O)c(N2CCOCC2)nc2ccccc21)NCc1ccccn1. The molecule has 0 radical (unpaired) electrons. The van der Waals surface area contributed by atoms with Gasteiger partial charge < -0.3 is 19.5 Å². The van der Waals surface area contributed by atoms with Gasteiger partial charge in [-0.05, 0) is 24.3 Å². The molecule has 1 aromatic carbocycles. The number of ether oxygens (including phenoxy) is 1. The van der Waals surface area contributed by atoms with Crippen molar-refractivity contribution in [3.05, 3.63) is 64.7 Å². The standard InChI is InChI=1S/C21H23N5O3/c27-19(23-15-16-5-3-4-9-22-16)8-10-26-18-7-2-1-6-17(18)24-20(21(26)28)25-11-13-29-14-12-25/h1-7,9H,8,10-15H2,(H,23,27). The fourth-order valence-corrected chi connectivity index (χ4v) is 3.38. The van der Waals surface area contributed by atoms with Crippen LogP contribution in [0.1, 0.15) is 12.1 Å². The van der Waals surface area contributed by atoms with E-state index in [-0.39, 0.29) is 24.4 Å². The van der Waals surface area contributed by atoms with Crippen molar-refractivity contribution < 1.29 is 9.53 Å². The Morgan fingerprint density at radius 3 is 2.69 bits per heavy atom. The highest BCUT2D eigenvalue weighted by Crippen LogP contribution is 2.15. The molecular formula is C21H23N5O3. The average Bonchev–Trinajstić information content (AvgIpc) is 2.78. The Hall–Kier alpha value is -3.26. The van der Waals surface area contributed by atoms with Gasteiger partial charge in [0.05, 0.1) is 36.5 Å². The molecule has 0 bridgehead atoms. The number of fused-ring (bicyclic) bond motifs is 1. The van der Waals surface area contributed by atoms with Gasteiger partial charge in [0.25, 0.3) is 5.56 Å². The Balaban J connectivity index is 1.53. The highest BCUT2D eigenvalue weighted by Gasteiger charge is 2.19. The molecule has 8 heteroatoms. The van der Waals surface area contributed by atoms with E-state index in [4.69, 9.17) is 4.74 Å². The van der Waals surface area contributed by atoms with Crippen molar-refractivity contribution in [3.63, 3.8) is 0 Å². The number of morpholine rings is 1. The third-order valence-electron chi connectivity index (χ3n) is 4.90. The van der Waals surface area contributed by atoms with Gasteiger partial charge in [-0.1, -0.05) is 18.2 Å². The number of nitrogens with zero attached hydrogens (tertiary/aromatic N) is 4. The molecule has 1 amide bonds. The lowest BCUT2D eigenvalue weighted by molar-refractivity contribution is -0.121. The van der Waals surface area contributed by atoms with Crippen molar-refractivity contribution >= 4 is 22.8 Å². The van der Waals surface area contributed by atoms with E-state index < -0.39 is 0 Å². The summed E-state index contributed by atoms with van der Waals surface area (Å²) in [4.78, 5) is 36.2. The quantitative estimate of drug-likeness (QED) is 0.680. The monoisotopic (exact) mass is 393 g/mol. The van der Waals surface area contributed by atoms with E-state index in [0.29, 0.717) is 38.7 Å². The number of hydrogen-bond acceptors (Lipinski definition) is 6. The van der Waals surface area contributed by atoms with E-state index in [1.807, 2.05) is 47.4 Å². The summed E-state index contributed by atoms with van der Waals surface area (Å²) in [6.07, 6.45) is 1.89. The van der Waals surface area contributed by atoms with Gasteiger partial charge >= 0.3 is 0 Å². The third kappa shape index (κ3) is 4.43. The molecule has 1 aliphatic heterocycles. The van der Waals surface area contributed by atoms with Crippen LogP contribution in [0.25, 0.3) is 11.0 Å². The molecular weight excluding hydrogens is 370 g/mol. The second-order valence-corrected chi connectivity index (χ2v) is 6.83. The van der Waals surface area contributed by atoms with Gasteiger partial charge in [-0.2, -0.15) is 0 Å². The molecule has 0 spiro atoms. The summed E-state index contributed by atoms with van der Waals surface area (Å²) in [7, 11) is 0. The number of anilines is 1. The van der Waals surface area contributed by atoms with E-state index >= 15 is 0 Å². The maximum Gasteiger partial charge on any atom is 0.294 e. The van der Waals surface area contributed by atoms with Gasteiger partial charge in [0.15, 0.2) is 5.82 Å². The van der Waals surface area contributed by atoms with Crippen LogP contribution >= 0.6 is 0 Å². The Bertz CT molecular complexity index is 1050. The third-order valence-corrected chi connectivity index (χ3v) is 4.90. The van der Waals surface area contributed by atoms with E-state index in [1.165, 1.54) is 0 Å². The largest absolute Gasteiger partial charge is 0.378 e. The average molecular weight is 393 g/mol. The summed E-state index contributed by atoms with van der Waals surface area (Å²) in [6.45, 7) is 3.06. The molecule has 0 aliphatic carbocycles. The minimum absolute atomic E-state index is 0.128. The van der Waals surface area contributed by atoms with Crippen molar-refractivity contribution in [1.82, 2.24) is 19.9 Å². The molecule has 1 aliphatic rings. The minimum Gasteiger partial charge on any atom is -0.378 e. The molecule has 8 nitrogen and oxygen atoms in total. The number of aromatic nitrogens is 3. The van der Waals surface area contributed by atoms with Crippen LogP contribution in [-0.4, -0.2) is 46.7 Å². The Morgan fingerprint density at radius 2 is 1.90 bits per heavy atom. The number of para-hydroxylation sites is 2. The maximum absolute atomic E-state index is 13.2. The number of hydrogen-bond donors (Lipinski definition) is 1. The van der Waals surface area contributed by atoms with Crippen LogP contribution in [0.2, 0.25) is 0 Å². The minimum atomic E-state index is -0.178. The zero-order chi connectivity index (χ0) is 20.1. The van der Waals surface area contributed by atoms with E-state index in [9.17, 15) is 9.59 Å². The second-order valence-electron chi connectivity index (χ2n) is 6.83. The highest BCUT2D eigenvalue weighted by molar-refractivity contribution is 5.78. The number of aryl methyl sites for hydroxylation is 1. The normalized spacial score (nSPS) is 14.1. The number of nitrogens with one attached hydrogen (secondary N) is 1. The predicted molar refractivity (Wildman–Crippen MR) is 110 cm³/mol. The highest BCUT2D eigenvalue weighted by atomic mass is 16.5. The molecule has 29 heavy (non-hydrogen) atoms. The predicted octanol–water partition coefficient (Wildman–Crippen LogP) is 1.33. The van der Waals surface area contributed by atoms with Crippen LogP contribution in [0.3, 0.4) is 0 Å². The van der Waals surface area contributed by atoms with Crippen LogP contribution in [0.15, 0.2) is 53.5 Å². The van der Waals surface area contributed by atoms with Crippen LogP contribution in [0.4, 0.5) is 5.82 Å². The number of carbonyl (C=O) groups excluding carboxylic acids is 1. The smallest absolute Gasteiger partial charge is 0.294 e. The first-order chi connectivity index (χ1) is 14.2. The molecule has 0 unspecified atom stereocenters. The number of carbonyl (C=O) groups is 1. The Labute approximate surface area is 168 Å². The van der Waals surface area contributed by atoms with Gasteiger partial charge in [-0.3, -0.25) is 14.6 Å². The fourth-order valence-electron chi connectivity index (χ4n) is 3.38. The van der Waals surface area contributed by atoms with Gasteiger partial charge in [-0.25, -0.2) is 4.98 Å². The molecule has 2 aromatic heterocycles. The first-order valence-electron chi connectivity index (χ1n) is 9.71. The topological polar surface area (TPSA) is 89.4 Å². The van der Waals surface area contributed by atoms with Crippen LogP contribution in [0, 0.1) is 0 Å². The summed E-state index contributed by atoms with van der Waals surface area (Å²) in [5.41, 5.74) is 2.08. The summed E-state index contributed by atoms with van der Waals surface area (Å²) in [5, 5.41) is 2.86. The van der Waals surface area contributed by atoms with Gasteiger partial charge in [0.1, 0.15) is 0 Å². The Kier molecular flexibility index (Phi) is 5.81. The lowest BCUT2D eigenvalue weighted by Gasteiger charge is -2.28. The molecule has 1 fully saturated rings. The summed E-state index contributed by atoms with van der Waals surface area (Å²) >= 11 is 0. The van der Waals surface area contributed by atoms with Crippen molar-refractivity contribution in [2.24, 2.45) is 0 Å². The molecule has 3 aromatic rings. The van der Waals surface area contributed by atoms with Gasteiger partial charge in [0.2, 0.25) is 5.91 Å². The molecule has 0 saturated carbocycles. The second kappa shape index (κ2) is 8.83. The fraction of sp³-hybridized carbons (Fsp3) is 0.333. The van der Waals surface area contributed by atoms with Crippen molar-refractivity contribution in [3.8, 4) is 0 Å². The van der Waals surface area contributed by atoms with Crippen LogP contribution in [-0.2, 0) is 22.6 Å². The lowest BCUT2D eigenvalue weighted by Crippen LogP contribution is -2.41. The van der Waals surface area contributed by atoms with Crippen molar-refractivity contribution in [2.45, 2.75) is 19.5 Å². The summed E-state index contributed by atoms with van der Waals surface area (Å²) in [5.74, 6) is 0.289. The van der Waals surface area contributed by atoms with Crippen molar-refractivity contribution in [1.29, 1.82) is 0 Å². The zero-order valence-electron chi connectivity index (χ0n) is 16.1. The first kappa shape index (κ1) is 19.1. The molecule has 150 valence electrons. The number of pyridine rings is 1. The maximum atomic E-state index is 13.2. The van der Waals surface area contributed by atoms with Gasteiger partial charge in [0, 0.05) is 32.3 Å². The van der Waals surface area contributed by atoms with Crippen molar-refractivity contribution in [2.75, 3.05) is 31.2 Å². The first-order valence-corrected chi connectivity index (χ1v) is 9.71. The molecule has 3 heterocycles. The molecule has 0 atom stereocenters. The lowest BCUT2D eigenvalue weighted by atomic mass is 10.2. The Morgan fingerprint density at radius 1 is 1.10 bits per heavy atom. The van der Waals surface area contributed by atoms with E-state index in [2.05, 4.69) is 15.3 Å². The zero-order valence-corrected chi connectivity index (χ0v) is 16.1. The number of rotatable bonds is 6. The number of amides is 1. The van der Waals surface area contributed by atoms with E-state index in [1.54, 1.807) is 10.8 Å². The van der Waals surface area contributed by atoms with Crippen LogP contribution in [0.5, 0.6) is 0 Å². The number of benzene rings is 1. The van der Waals surface area contributed by atoms with Gasteiger partial charge in [-0.15, -0.1) is 0 Å².